The van der Waals surface area contributed by atoms with Crippen molar-refractivity contribution < 1.29 is 22.4 Å². The van der Waals surface area contributed by atoms with Gasteiger partial charge < -0.3 is 10.2 Å². The molecule has 3 aromatic carbocycles. The van der Waals surface area contributed by atoms with E-state index in [9.17, 15) is 22.4 Å². The van der Waals surface area contributed by atoms with Crippen LogP contribution in [-0.4, -0.2) is 44.3 Å². The molecule has 0 aliphatic heterocycles. The van der Waals surface area contributed by atoms with Gasteiger partial charge in [0, 0.05) is 18.7 Å². The third-order valence-electron chi connectivity index (χ3n) is 5.47. The van der Waals surface area contributed by atoms with Gasteiger partial charge in [-0.2, -0.15) is 0 Å². The fraction of sp³-hybridized carbons (Fsp3) is 0.231. The Kier molecular flexibility index (Phi) is 8.59. The zero-order valence-corrected chi connectivity index (χ0v) is 20.4. The summed E-state index contributed by atoms with van der Waals surface area (Å²) in [7, 11) is -4.11. The molecule has 0 aliphatic carbocycles. The van der Waals surface area contributed by atoms with Crippen molar-refractivity contribution in [3.63, 3.8) is 0 Å². The first-order valence-corrected chi connectivity index (χ1v) is 12.6. The molecule has 0 bridgehead atoms. The Labute approximate surface area is 205 Å². The van der Waals surface area contributed by atoms with Gasteiger partial charge in [0.15, 0.2) is 0 Å². The summed E-state index contributed by atoms with van der Waals surface area (Å²) in [6, 6.07) is 21.0. The highest BCUT2D eigenvalue weighted by atomic mass is 32.2. The summed E-state index contributed by atoms with van der Waals surface area (Å²) in [6.07, 6.45) is 0. The van der Waals surface area contributed by atoms with E-state index in [4.69, 9.17) is 0 Å². The number of likely N-dealkylation sites (N-methyl/N-ethyl adjacent to an activating group) is 1. The van der Waals surface area contributed by atoms with Gasteiger partial charge in [-0.1, -0.05) is 54.6 Å². The molecule has 0 heterocycles. The standard InChI is InChI=1S/C26H28FN3O4S/c1-3-28-26(32)20(2)29(18-21-12-10-11-17-24(21)27)25(31)19-30(22-13-6-4-7-14-22)35(33,34)23-15-8-5-9-16-23/h4-17,20H,3,18-19H2,1-2H3,(H,28,32)/t20-/m0/s1. The van der Waals surface area contributed by atoms with Gasteiger partial charge in [0.25, 0.3) is 10.0 Å². The Morgan fingerprint density at radius 1 is 0.914 bits per heavy atom. The van der Waals surface area contributed by atoms with Gasteiger partial charge in [0.1, 0.15) is 18.4 Å². The number of carbonyl (C=O) groups excluding carboxylic acids is 2. The first kappa shape index (κ1) is 25.9. The number of sulfonamides is 1. The lowest BCUT2D eigenvalue weighted by Crippen LogP contribution is -2.51. The van der Waals surface area contributed by atoms with Gasteiger partial charge in [-0.3, -0.25) is 13.9 Å². The normalized spacial score (nSPS) is 12.0. The zero-order chi connectivity index (χ0) is 25.4. The first-order chi connectivity index (χ1) is 16.8. The highest BCUT2D eigenvalue weighted by Gasteiger charge is 2.32. The fourth-order valence-electron chi connectivity index (χ4n) is 3.56. The molecule has 1 atom stereocenters. The molecular formula is C26H28FN3O4S. The van der Waals surface area contributed by atoms with Gasteiger partial charge in [-0.25, -0.2) is 12.8 Å². The highest BCUT2D eigenvalue weighted by Crippen LogP contribution is 2.24. The minimum atomic E-state index is -4.11. The van der Waals surface area contributed by atoms with Crippen LogP contribution in [0.15, 0.2) is 89.8 Å². The number of nitrogens with one attached hydrogen (secondary N) is 1. The molecule has 0 saturated carbocycles. The molecule has 0 radical (unpaired) electrons. The van der Waals surface area contributed by atoms with Crippen molar-refractivity contribution in [2.75, 3.05) is 17.4 Å². The molecule has 0 spiro atoms. The second-order valence-electron chi connectivity index (χ2n) is 7.84. The predicted molar refractivity (Wildman–Crippen MR) is 133 cm³/mol. The van der Waals surface area contributed by atoms with E-state index < -0.39 is 40.2 Å². The third-order valence-corrected chi connectivity index (χ3v) is 7.26. The Bertz CT molecular complexity index is 1250. The molecule has 0 aliphatic rings. The fourth-order valence-corrected chi connectivity index (χ4v) is 4.99. The van der Waals surface area contributed by atoms with E-state index >= 15 is 0 Å². The number of para-hydroxylation sites is 1. The van der Waals surface area contributed by atoms with Crippen LogP contribution in [0, 0.1) is 5.82 Å². The maximum atomic E-state index is 14.4. The van der Waals surface area contributed by atoms with Crippen LogP contribution < -0.4 is 9.62 Å². The summed E-state index contributed by atoms with van der Waals surface area (Å²) < 4.78 is 42.5. The Morgan fingerprint density at radius 3 is 2.09 bits per heavy atom. The van der Waals surface area contributed by atoms with Crippen LogP contribution in [0.2, 0.25) is 0 Å². The molecule has 2 amide bonds. The first-order valence-electron chi connectivity index (χ1n) is 11.2. The van der Waals surface area contributed by atoms with Crippen molar-refractivity contribution in [2.45, 2.75) is 31.3 Å². The summed E-state index contributed by atoms with van der Waals surface area (Å²) in [5, 5.41) is 2.66. The Morgan fingerprint density at radius 2 is 1.49 bits per heavy atom. The molecule has 35 heavy (non-hydrogen) atoms. The second kappa shape index (κ2) is 11.6. The van der Waals surface area contributed by atoms with E-state index in [1.165, 1.54) is 42.2 Å². The van der Waals surface area contributed by atoms with E-state index in [1.807, 2.05) is 0 Å². The van der Waals surface area contributed by atoms with Gasteiger partial charge in [0.2, 0.25) is 11.8 Å². The monoisotopic (exact) mass is 497 g/mol. The van der Waals surface area contributed by atoms with Crippen LogP contribution in [0.4, 0.5) is 10.1 Å². The lowest BCUT2D eigenvalue weighted by molar-refractivity contribution is -0.139. The molecule has 0 aromatic heterocycles. The van der Waals surface area contributed by atoms with Crippen LogP contribution in [0.3, 0.4) is 0 Å². The molecule has 9 heteroatoms. The number of nitrogens with zero attached hydrogens (tertiary/aromatic N) is 2. The van der Waals surface area contributed by atoms with E-state index in [0.717, 1.165) is 4.31 Å². The summed E-state index contributed by atoms with van der Waals surface area (Å²) in [4.78, 5) is 27.4. The van der Waals surface area contributed by atoms with Crippen molar-refractivity contribution in [2.24, 2.45) is 0 Å². The number of hydrogen-bond acceptors (Lipinski definition) is 4. The number of carbonyl (C=O) groups is 2. The Hall–Kier alpha value is -3.72. The molecule has 184 valence electrons. The summed E-state index contributed by atoms with van der Waals surface area (Å²) in [6.45, 7) is 2.86. The molecule has 3 rings (SSSR count). The largest absolute Gasteiger partial charge is 0.355 e. The lowest BCUT2D eigenvalue weighted by Gasteiger charge is -2.32. The van der Waals surface area contributed by atoms with Crippen LogP contribution in [0.1, 0.15) is 19.4 Å². The number of amides is 2. The molecule has 3 aromatic rings. The molecule has 1 N–H and O–H groups in total. The second-order valence-corrected chi connectivity index (χ2v) is 9.71. The Balaban J connectivity index is 2.00. The predicted octanol–water partition coefficient (Wildman–Crippen LogP) is 3.57. The summed E-state index contributed by atoms with van der Waals surface area (Å²) in [5.74, 6) is -1.59. The maximum absolute atomic E-state index is 14.4. The summed E-state index contributed by atoms with van der Waals surface area (Å²) >= 11 is 0. The molecule has 0 fully saturated rings. The van der Waals surface area contributed by atoms with Gasteiger partial charge in [0.05, 0.1) is 10.6 Å². The van der Waals surface area contributed by atoms with E-state index in [0.29, 0.717) is 12.2 Å². The van der Waals surface area contributed by atoms with Crippen molar-refractivity contribution in [1.29, 1.82) is 0 Å². The van der Waals surface area contributed by atoms with Crippen molar-refractivity contribution in [3.05, 3.63) is 96.3 Å². The van der Waals surface area contributed by atoms with Gasteiger partial charge in [-0.05, 0) is 44.2 Å². The number of hydrogen-bond donors (Lipinski definition) is 1. The third kappa shape index (κ3) is 6.24. The van der Waals surface area contributed by atoms with Crippen molar-refractivity contribution in [1.82, 2.24) is 10.2 Å². The number of anilines is 1. The van der Waals surface area contributed by atoms with E-state index in [2.05, 4.69) is 5.32 Å². The average Bonchev–Trinajstić information content (AvgIpc) is 2.87. The van der Waals surface area contributed by atoms with Crippen molar-refractivity contribution in [3.8, 4) is 0 Å². The van der Waals surface area contributed by atoms with Crippen LogP contribution in [-0.2, 0) is 26.2 Å². The minimum Gasteiger partial charge on any atom is -0.355 e. The smallest absolute Gasteiger partial charge is 0.264 e. The molecular weight excluding hydrogens is 469 g/mol. The van der Waals surface area contributed by atoms with Gasteiger partial charge >= 0.3 is 0 Å². The highest BCUT2D eigenvalue weighted by molar-refractivity contribution is 7.92. The summed E-state index contributed by atoms with van der Waals surface area (Å²) in [5.41, 5.74) is 0.510. The van der Waals surface area contributed by atoms with Crippen molar-refractivity contribution >= 4 is 27.5 Å². The van der Waals surface area contributed by atoms with Crippen LogP contribution in [0.5, 0.6) is 0 Å². The quantitative estimate of drug-likeness (QED) is 0.464. The maximum Gasteiger partial charge on any atom is 0.264 e. The van der Waals surface area contributed by atoms with Crippen LogP contribution in [0.25, 0.3) is 0 Å². The molecule has 7 nitrogen and oxygen atoms in total. The number of benzene rings is 3. The lowest BCUT2D eigenvalue weighted by atomic mass is 10.1. The topological polar surface area (TPSA) is 86.8 Å². The van der Waals surface area contributed by atoms with E-state index in [1.54, 1.807) is 61.5 Å². The van der Waals surface area contributed by atoms with Crippen LogP contribution >= 0.6 is 0 Å². The SMILES string of the molecule is CCNC(=O)[C@H](C)N(Cc1ccccc1F)C(=O)CN(c1ccccc1)S(=O)(=O)c1ccccc1. The molecule has 0 saturated heterocycles. The molecule has 0 unspecified atom stereocenters. The minimum absolute atomic E-state index is 0.0223. The zero-order valence-electron chi connectivity index (χ0n) is 19.6. The average molecular weight is 498 g/mol. The number of halogens is 1. The number of rotatable bonds is 10. The van der Waals surface area contributed by atoms with Gasteiger partial charge in [-0.15, -0.1) is 0 Å². The van der Waals surface area contributed by atoms with E-state index in [-0.39, 0.29) is 17.0 Å².